The number of aliphatic imine (C=N–C) groups is 1. The molecule has 0 radical (unpaired) electrons. The Hall–Kier alpha value is -4.38. The fourth-order valence-electron chi connectivity index (χ4n) is 3.39. The zero-order valence-corrected chi connectivity index (χ0v) is 20.9. The largest absolute Gasteiger partial charge is 0.352 e. The highest BCUT2D eigenvalue weighted by Crippen LogP contribution is 2.17. The highest BCUT2D eigenvalue weighted by atomic mass is 19.2. The smallest absolute Gasteiger partial charge is 0.254 e. The lowest BCUT2D eigenvalue weighted by molar-refractivity contribution is -0.116. The van der Waals surface area contributed by atoms with E-state index in [2.05, 4.69) is 30.9 Å². The number of nitrogens with one attached hydrogen (secondary N) is 3. The van der Waals surface area contributed by atoms with Gasteiger partial charge in [-0.05, 0) is 49.9 Å². The van der Waals surface area contributed by atoms with Crippen molar-refractivity contribution in [3.8, 4) is 11.4 Å². The van der Waals surface area contributed by atoms with Gasteiger partial charge in [0.05, 0.1) is 11.3 Å². The van der Waals surface area contributed by atoms with E-state index in [1.807, 2.05) is 19.2 Å². The third kappa shape index (κ3) is 7.81. The maximum atomic E-state index is 13.5. The molecule has 0 atom stereocenters. The van der Waals surface area contributed by atoms with Crippen molar-refractivity contribution >= 4 is 17.5 Å². The van der Waals surface area contributed by atoms with E-state index in [0.29, 0.717) is 23.5 Å². The lowest BCUT2D eigenvalue weighted by Gasteiger charge is -2.07. The highest BCUT2D eigenvalue weighted by Gasteiger charge is 2.13. The second-order valence-corrected chi connectivity index (χ2v) is 8.12. The number of halogens is 3. The summed E-state index contributed by atoms with van der Waals surface area (Å²) in [6, 6.07) is 8.83. The van der Waals surface area contributed by atoms with E-state index in [0.717, 1.165) is 36.7 Å². The van der Waals surface area contributed by atoms with Crippen molar-refractivity contribution in [2.45, 2.75) is 13.0 Å². The topological polar surface area (TPSA) is 108 Å². The molecule has 0 saturated carbocycles. The Morgan fingerprint density at radius 2 is 1.66 bits per heavy atom. The molecule has 0 aliphatic carbocycles. The van der Waals surface area contributed by atoms with Gasteiger partial charge < -0.3 is 16.0 Å². The summed E-state index contributed by atoms with van der Waals surface area (Å²) in [6.45, 7) is 1.53. The van der Waals surface area contributed by atoms with Crippen molar-refractivity contribution in [3.05, 3.63) is 95.1 Å². The van der Waals surface area contributed by atoms with Crippen LogP contribution < -0.4 is 16.0 Å². The standard InChI is InChI=1S/C27H27F3N6O2/c1-31-9-4-10-33-27(38)20-15-35-26(36-16-20)18-6-3-5-17(11-18)14-34-24(37)8-7-23(32-2)19-12-21(28)25(30)22(29)13-19/h3,5-8,11-13,15-16,31H,4,9-10,14H2,1-2H3,(H,33,38)(H,34,37)/b8-7-,32-23+. The summed E-state index contributed by atoms with van der Waals surface area (Å²) >= 11 is 0. The molecule has 3 rings (SSSR count). The third-order valence-corrected chi connectivity index (χ3v) is 5.37. The number of rotatable bonds is 11. The number of hydrogen-bond donors (Lipinski definition) is 3. The molecule has 0 saturated heterocycles. The molecule has 0 spiro atoms. The summed E-state index contributed by atoms with van der Waals surface area (Å²) < 4.78 is 40.2. The molecule has 0 aliphatic heterocycles. The Balaban J connectivity index is 1.59. The van der Waals surface area contributed by atoms with Crippen LogP contribution in [0.5, 0.6) is 0 Å². The minimum absolute atomic E-state index is 0.00190. The number of hydrogen-bond acceptors (Lipinski definition) is 6. The van der Waals surface area contributed by atoms with Crippen LogP contribution in [0.2, 0.25) is 0 Å². The molecule has 2 amide bonds. The first-order valence-electron chi connectivity index (χ1n) is 11.7. The lowest BCUT2D eigenvalue weighted by atomic mass is 10.1. The quantitative estimate of drug-likeness (QED) is 0.155. The summed E-state index contributed by atoms with van der Waals surface area (Å²) in [4.78, 5) is 36.9. The number of allylic oxidation sites excluding steroid dienone is 1. The molecule has 8 nitrogen and oxygen atoms in total. The number of aromatic nitrogens is 2. The number of carbonyl (C=O) groups excluding carboxylic acids is 2. The summed E-state index contributed by atoms with van der Waals surface area (Å²) in [6.07, 6.45) is 6.17. The molecule has 1 aromatic heterocycles. The SMILES string of the molecule is C/N=C(\C=C/C(=O)NCc1cccc(-c2ncc(C(=O)NCCCNC)cn2)c1)c1cc(F)c(F)c(F)c1. The Kier molecular flexibility index (Phi) is 10.2. The van der Waals surface area contributed by atoms with Gasteiger partial charge in [0, 0.05) is 49.7 Å². The van der Waals surface area contributed by atoms with Gasteiger partial charge in [-0.15, -0.1) is 0 Å². The van der Waals surface area contributed by atoms with Gasteiger partial charge in [0.25, 0.3) is 5.91 Å². The van der Waals surface area contributed by atoms with Gasteiger partial charge in [0.1, 0.15) is 0 Å². The van der Waals surface area contributed by atoms with E-state index in [1.54, 1.807) is 12.1 Å². The van der Waals surface area contributed by atoms with Gasteiger partial charge in [-0.3, -0.25) is 14.6 Å². The van der Waals surface area contributed by atoms with Crippen LogP contribution in [-0.2, 0) is 11.3 Å². The molecule has 2 aromatic carbocycles. The summed E-state index contributed by atoms with van der Waals surface area (Å²) in [7, 11) is 3.23. The van der Waals surface area contributed by atoms with E-state index in [-0.39, 0.29) is 23.7 Å². The van der Waals surface area contributed by atoms with Gasteiger partial charge in [-0.1, -0.05) is 18.2 Å². The zero-order chi connectivity index (χ0) is 27.5. The minimum Gasteiger partial charge on any atom is -0.352 e. The first-order chi connectivity index (χ1) is 18.3. The van der Waals surface area contributed by atoms with Crippen molar-refractivity contribution in [2.75, 3.05) is 27.2 Å². The fourth-order valence-corrected chi connectivity index (χ4v) is 3.39. The van der Waals surface area contributed by atoms with Crippen molar-refractivity contribution in [3.63, 3.8) is 0 Å². The van der Waals surface area contributed by atoms with Crippen molar-refractivity contribution < 1.29 is 22.8 Å². The van der Waals surface area contributed by atoms with Crippen molar-refractivity contribution in [1.29, 1.82) is 0 Å². The molecule has 3 aromatic rings. The molecular weight excluding hydrogens is 497 g/mol. The average molecular weight is 525 g/mol. The van der Waals surface area contributed by atoms with Crippen molar-refractivity contribution in [1.82, 2.24) is 25.9 Å². The third-order valence-electron chi connectivity index (χ3n) is 5.37. The maximum Gasteiger partial charge on any atom is 0.254 e. The van der Waals surface area contributed by atoms with Crippen LogP contribution in [0, 0.1) is 17.5 Å². The number of benzene rings is 2. The zero-order valence-electron chi connectivity index (χ0n) is 20.9. The first-order valence-corrected chi connectivity index (χ1v) is 11.7. The van der Waals surface area contributed by atoms with Gasteiger partial charge in [-0.2, -0.15) is 0 Å². The van der Waals surface area contributed by atoms with Crippen LogP contribution in [0.25, 0.3) is 11.4 Å². The van der Waals surface area contributed by atoms with Crippen LogP contribution in [0.15, 0.2) is 65.9 Å². The molecule has 1 heterocycles. The molecule has 0 bridgehead atoms. The predicted octanol–water partition coefficient (Wildman–Crippen LogP) is 3.19. The van der Waals surface area contributed by atoms with Gasteiger partial charge in [-0.25, -0.2) is 23.1 Å². The summed E-state index contributed by atoms with van der Waals surface area (Å²) in [5, 5.41) is 8.52. The maximum absolute atomic E-state index is 13.5. The van der Waals surface area contributed by atoms with Gasteiger partial charge in [0.2, 0.25) is 5.91 Å². The molecule has 11 heteroatoms. The summed E-state index contributed by atoms with van der Waals surface area (Å²) in [5.74, 6) is -4.56. The Labute approximate surface area is 218 Å². The van der Waals surface area contributed by atoms with Gasteiger partial charge in [0.15, 0.2) is 23.3 Å². The van der Waals surface area contributed by atoms with Gasteiger partial charge >= 0.3 is 0 Å². The number of carbonyl (C=O) groups is 2. The molecule has 38 heavy (non-hydrogen) atoms. The summed E-state index contributed by atoms with van der Waals surface area (Å²) in [5.41, 5.74) is 1.93. The van der Waals surface area contributed by atoms with Crippen LogP contribution in [-0.4, -0.2) is 54.7 Å². The van der Waals surface area contributed by atoms with Crippen LogP contribution >= 0.6 is 0 Å². The second kappa shape index (κ2) is 13.8. The first kappa shape index (κ1) is 28.2. The minimum atomic E-state index is -1.57. The molecule has 0 fully saturated rings. The van der Waals surface area contributed by atoms with E-state index < -0.39 is 23.4 Å². The second-order valence-electron chi connectivity index (χ2n) is 8.12. The molecular formula is C27H27F3N6O2. The lowest BCUT2D eigenvalue weighted by Crippen LogP contribution is -2.26. The Morgan fingerprint density at radius 1 is 0.947 bits per heavy atom. The molecule has 198 valence electrons. The predicted molar refractivity (Wildman–Crippen MR) is 138 cm³/mol. The normalized spacial score (nSPS) is 11.6. The van der Waals surface area contributed by atoms with Crippen molar-refractivity contribution in [2.24, 2.45) is 4.99 Å². The molecule has 0 unspecified atom stereocenters. The van der Waals surface area contributed by atoms with E-state index >= 15 is 0 Å². The number of nitrogens with zero attached hydrogens (tertiary/aromatic N) is 3. The highest BCUT2D eigenvalue weighted by molar-refractivity contribution is 6.11. The molecule has 0 aliphatic rings. The van der Waals surface area contributed by atoms with E-state index in [1.165, 1.54) is 25.5 Å². The Morgan fingerprint density at radius 3 is 2.32 bits per heavy atom. The van der Waals surface area contributed by atoms with Crippen LogP contribution in [0.4, 0.5) is 13.2 Å². The monoisotopic (exact) mass is 524 g/mol. The fraction of sp³-hybridized carbons (Fsp3) is 0.222. The van der Waals surface area contributed by atoms with E-state index in [4.69, 9.17) is 0 Å². The Bertz CT molecular complexity index is 1320. The molecule has 3 N–H and O–H groups in total. The van der Waals surface area contributed by atoms with Crippen LogP contribution in [0.1, 0.15) is 27.9 Å². The van der Waals surface area contributed by atoms with E-state index in [9.17, 15) is 22.8 Å². The average Bonchev–Trinajstić information content (AvgIpc) is 2.93. The number of amides is 2. The van der Waals surface area contributed by atoms with Crippen LogP contribution in [0.3, 0.4) is 0 Å².